The van der Waals surface area contributed by atoms with Crippen LogP contribution in [0.2, 0.25) is 0 Å². The maximum absolute atomic E-state index is 12.6. The average Bonchev–Trinajstić information content (AvgIpc) is 3.31. The van der Waals surface area contributed by atoms with Gasteiger partial charge < -0.3 is 10.6 Å². The number of nitrogens with two attached hydrogens (primary N) is 1. The molecular formula is C19H31N3O5S2. The molecule has 0 bridgehead atoms. The van der Waals surface area contributed by atoms with Crippen molar-refractivity contribution in [1.29, 1.82) is 0 Å². The predicted octanol–water partition coefficient (Wildman–Crippen LogP) is 1.12. The molecule has 2 fully saturated rings. The number of sulfonamides is 1. The van der Waals surface area contributed by atoms with Crippen molar-refractivity contribution in [3.05, 3.63) is 24.3 Å². The van der Waals surface area contributed by atoms with E-state index in [9.17, 15) is 21.6 Å². The molecule has 29 heavy (non-hydrogen) atoms. The Balaban J connectivity index is 0.00000300. The SMILES string of the molecule is C.CS(=O)(=O)c1ccc(S(=O)(=O)N[C@@H]2CC[C@@H]([C@H](N)C(=O)N3CCCC3)C2)cc1. The van der Waals surface area contributed by atoms with Gasteiger partial charge in [-0.05, 0) is 62.3 Å². The van der Waals surface area contributed by atoms with E-state index >= 15 is 0 Å². The Hall–Kier alpha value is -1.49. The normalized spacial score (nSPS) is 23.6. The van der Waals surface area contributed by atoms with E-state index in [-0.39, 0.29) is 35.1 Å². The summed E-state index contributed by atoms with van der Waals surface area (Å²) in [4.78, 5) is 14.4. The molecule has 164 valence electrons. The lowest BCUT2D eigenvalue weighted by atomic mass is 9.97. The third-order valence-corrected chi connectivity index (χ3v) is 8.23. The van der Waals surface area contributed by atoms with Gasteiger partial charge in [0.15, 0.2) is 9.84 Å². The summed E-state index contributed by atoms with van der Waals surface area (Å²) in [5.41, 5.74) is 6.17. The quantitative estimate of drug-likeness (QED) is 0.676. The fourth-order valence-electron chi connectivity index (χ4n) is 3.95. The second-order valence-corrected chi connectivity index (χ2v) is 11.4. The molecule has 8 nitrogen and oxygen atoms in total. The highest BCUT2D eigenvalue weighted by Crippen LogP contribution is 2.30. The lowest BCUT2D eigenvalue weighted by Crippen LogP contribution is -2.46. The van der Waals surface area contributed by atoms with Crippen LogP contribution in [0, 0.1) is 5.92 Å². The van der Waals surface area contributed by atoms with Gasteiger partial charge in [0, 0.05) is 25.4 Å². The summed E-state index contributed by atoms with van der Waals surface area (Å²) < 4.78 is 50.9. The van der Waals surface area contributed by atoms with Crippen molar-refractivity contribution in [3.63, 3.8) is 0 Å². The van der Waals surface area contributed by atoms with Gasteiger partial charge in [-0.3, -0.25) is 4.79 Å². The Morgan fingerprint density at radius 3 is 2.17 bits per heavy atom. The van der Waals surface area contributed by atoms with Crippen molar-refractivity contribution in [2.45, 2.75) is 61.4 Å². The second kappa shape index (κ2) is 9.11. The lowest BCUT2D eigenvalue weighted by molar-refractivity contribution is -0.132. The molecule has 1 aliphatic carbocycles. The maximum atomic E-state index is 12.6. The van der Waals surface area contributed by atoms with Gasteiger partial charge in [-0.1, -0.05) is 7.43 Å². The van der Waals surface area contributed by atoms with Crippen LogP contribution < -0.4 is 10.5 Å². The number of benzene rings is 1. The zero-order chi connectivity index (χ0) is 20.5. The number of sulfone groups is 1. The van der Waals surface area contributed by atoms with Crippen LogP contribution in [-0.4, -0.2) is 59.1 Å². The molecule has 3 rings (SSSR count). The first kappa shape index (κ1) is 23.8. The lowest BCUT2D eigenvalue weighted by Gasteiger charge is -2.24. The molecule has 1 amide bonds. The number of carbonyl (C=O) groups excluding carboxylic acids is 1. The Morgan fingerprint density at radius 2 is 1.62 bits per heavy atom. The highest BCUT2D eigenvalue weighted by Gasteiger charge is 2.36. The molecule has 1 aliphatic heterocycles. The third-order valence-electron chi connectivity index (χ3n) is 5.57. The highest BCUT2D eigenvalue weighted by atomic mass is 32.2. The van der Waals surface area contributed by atoms with Crippen LogP contribution in [0.15, 0.2) is 34.1 Å². The summed E-state index contributed by atoms with van der Waals surface area (Å²) in [6.07, 6.45) is 4.90. The minimum absolute atomic E-state index is 0. The fourth-order valence-corrected chi connectivity index (χ4v) is 5.87. The summed E-state index contributed by atoms with van der Waals surface area (Å²) in [5.74, 6) is -0.0872. The van der Waals surface area contributed by atoms with Gasteiger partial charge in [0.25, 0.3) is 0 Å². The molecule has 1 heterocycles. The van der Waals surface area contributed by atoms with E-state index in [1.54, 1.807) is 4.90 Å². The molecule has 2 aliphatic rings. The summed E-state index contributed by atoms with van der Waals surface area (Å²) in [5, 5.41) is 0. The molecule has 1 aromatic rings. The molecular weight excluding hydrogens is 414 g/mol. The minimum atomic E-state index is -3.77. The Labute approximate surface area is 173 Å². The van der Waals surface area contributed by atoms with Crippen LogP contribution in [0.3, 0.4) is 0 Å². The van der Waals surface area contributed by atoms with Crippen molar-refractivity contribution in [2.24, 2.45) is 11.7 Å². The van der Waals surface area contributed by atoms with E-state index in [2.05, 4.69) is 4.72 Å². The zero-order valence-corrected chi connectivity index (χ0v) is 17.5. The van der Waals surface area contributed by atoms with E-state index in [1.165, 1.54) is 24.3 Å². The van der Waals surface area contributed by atoms with Gasteiger partial charge in [0.2, 0.25) is 15.9 Å². The fraction of sp³-hybridized carbons (Fsp3) is 0.632. The van der Waals surface area contributed by atoms with Crippen LogP contribution in [0.25, 0.3) is 0 Å². The number of rotatable bonds is 6. The van der Waals surface area contributed by atoms with Gasteiger partial charge >= 0.3 is 0 Å². The largest absolute Gasteiger partial charge is 0.341 e. The first-order chi connectivity index (χ1) is 13.1. The number of hydrogen-bond donors (Lipinski definition) is 2. The molecule has 0 aromatic heterocycles. The van der Waals surface area contributed by atoms with Crippen LogP contribution in [0.5, 0.6) is 0 Å². The zero-order valence-electron chi connectivity index (χ0n) is 15.9. The van der Waals surface area contributed by atoms with Crippen molar-refractivity contribution in [3.8, 4) is 0 Å². The molecule has 1 saturated heterocycles. The predicted molar refractivity (Wildman–Crippen MR) is 112 cm³/mol. The molecule has 0 unspecified atom stereocenters. The third kappa shape index (κ3) is 5.56. The monoisotopic (exact) mass is 445 g/mol. The van der Waals surface area contributed by atoms with E-state index in [4.69, 9.17) is 5.73 Å². The van der Waals surface area contributed by atoms with Crippen LogP contribution >= 0.6 is 0 Å². The van der Waals surface area contributed by atoms with Gasteiger partial charge in [-0.25, -0.2) is 21.6 Å². The Morgan fingerprint density at radius 1 is 1.07 bits per heavy atom. The Bertz CT molecular complexity index is 923. The topological polar surface area (TPSA) is 127 Å². The number of likely N-dealkylation sites (tertiary alicyclic amines) is 1. The number of carbonyl (C=O) groups is 1. The smallest absolute Gasteiger partial charge is 0.240 e. The number of hydrogen-bond acceptors (Lipinski definition) is 6. The van der Waals surface area contributed by atoms with Crippen molar-refractivity contribution >= 4 is 25.8 Å². The molecule has 1 aromatic carbocycles. The van der Waals surface area contributed by atoms with Gasteiger partial charge in [0.05, 0.1) is 15.8 Å². The highest BCUT2D eigenvalue weighted by molar-refractivity contribution is 7.90. The summed E-state index contributed by atoms with van der Waals surface area (Å²) in [7, 11) is -7.16. The molecule has 0 radical (unpaired) electrons. The second-order valence-electron chi connectivity index (χ2n) is 7.69. The minimum Gasteiger partial charge on any atom is -0.341 e. The van der Waals surface area contributed by atoms with E-state index < -0.39 is 25.9 Å². The molecule has 3 atom stereocenters. The summed E-state index contributed by atoms with van der Waals surface area (Å²) >= 11 is 0. The van der Waals surface area contributed by atoms with E-state index in [0.717, 1.165) is 32.2 Å². The van der Waals surface area contributed by atoms with Gasteiger partial charge in [-0.15, -0.1) is 0 Å². The Kier molecular flexibility index (Phi) is 7.47. The summed E-state index contributed by atoms with van der Waals surface area (Å²) in [6.45, 7) is 1.50. The molecule has 1 saturated carbocycles. The first-order valence-electron chi connectivity index (χ1n) is 9.45. The van der Waals surface area contributed by atoms with Gasteiger partial charge in [-0.2, -0.15) is 0 Å². The standard InChI is InChI=1S/C18H27N3O5S2.CH4/c1-27(23,24)15-6-8-16(9-7-15)28(25,26)20-14-5-4-13(12-14)17(19)18(22)21-10-2-3-11-21;/h6-9,13-14,17,20H,2-5,10-12,19H2,1H3;1H4/t13-,14-,17+;/m1./s1. The van der Waals surface area contributed by atoms with E-state index in [1.807, 2.05) is 0 Å². The first-order valence-corrected chi connectivity index (χ1v) is 12.8. The number of amides is 1. The maximum Gasteiger partial charge on any atom is 0.240 e. The van der Waals surface area contributed by atoms with Crippen LogP contribution in [-0.2, 0) is 24.7 Å². The molecule has 10 heteroatoms. The van der Waals surface area contributed by atoms with Crippen molar-refractivity contribution < 1.29 is 21.6 Å². The van der Waals surface area contributed by atoms with E-state index in [0.29, 0.717) is 19.3 Å². The van der Waals surface area contributed by atoms with Gasteiger partial charge in [0.1, 0.15) is 0 Å². The van der Waals surface area contributed by atoms with Crippen molar-refractivity contribution in [1.82, 2.24) is 9.62 Å². The number of nitrogens with one attached hydrogen (secondary N) is 1. The molecule has 3 N–H and O–H groups in total. The van der Waals surface area contributed by atoms with Crippen LogP contribution in [0.4, 0.5) is 0 Å². The number of nitrogens with zero attached hydrogens (tertiary/aromatic N) is 1. The van der Waals surface area contributed by atoms with Crippen molar-refractivity contribution in [2.75, 3.05) is 19.3 Å². The molecule has 0 spiro atoms. The van der Waals surface area contributed by atoms with Crippen LogP contribution in [0.1, 0.15) is 39.5 Å². The summed E-state index contributed by atoms with van der Waals surface area (Å²) in [6, 6.07) is 4.25. The average molecular weight is 446 g/mol.